The summed E-state index contributed by atoms with van der Waals surface area (Å²) in [6.45, 7) is 2.01. The summed E-state index contributed by atoms with van der Waals surface area (Å²) in [5.41, 5.74) is 0. The monoisotopic (exact) mass is 285 g/mol. The summed E-state index contributed by atoms with van der Waals surface area (Å²) in [7, 11) is 0. The number of nitrogens with zero attached hydrogens (tertiary/aromatic N) is 2. The highest BCUT2D eigenvalue weighted by atomic mass is 35.5. The van der Waals surface area contributed by atoms with E-state index in [0.29, 0.717) is 11.0 Å². The van der Waals surface area contributed by atoms with Crippen LogP contribution in [-0.4, -0.2) is 29.2 Å². The Balaban J connectivity index is 0.00000112. The van der Waals surface area contributed by atoms with Crippen molar-refractivity contribution in [2.24, 2.45) is 0 Å². The van der Waals surface area contributed by atoms with Crippen molar-refractivity contribution in [3.63, 3.8) is 0 Å². The van der Waals surface area contributed by atoms with Crippen molar-refractivity contribution in [3.05, 3.63) is 17.5 Å². The summed E-state index contributed by atoms with van der Waals surface area (Å²) in [6.07, 6.45) is 3.70. The van der Waals surface area contributed by atoms with Gasteiger partial charge in [-0.05, 0) is 25.9 Å². The van der Waals surface area contributed by atoms with Gasteiger partial charge in [0.25, 0.3) is 0 Å². The van der Waals surface area contributed by atoms with Gasteiger partial charge in [-0.2, -0.15) is 0 Å². The van der Waals surface area contributed by atoms with Gasteiger partial charge in [0, 0.05) is 6.07 Å². The number of ether oxygens (including phenoxy) is 1. The van der Waals surface area contributed by atoms with Crippen molar-refractivity contribution in [1.82, 2.24) is 15.3 Å². The maximum atomic E-state index is 5.72. The van der Waals surface area contributed by atoms with Gasteiger partial charge in [-0.15, -0.1) is 24.8 Å². The van der Waals surface area contributed by atoms with Crippen LogP contribution in [0, 0.1) is 0 Å². The Kier molecular flexibility index (Phi) is 7.76. The first-order chi connectivity index (χ1) is 6.84. The molecule has 4 nitrogen and oxygen atoms in total. The van der Waals surface area contributed by atoms with Gasteiger partial charge >= 0.3 is 0 Å². The number of aromatic nitrogens is 2. The molecule has 16 heavy (non-hydrogen) atoms. The van der Waals surface area contributed by atoms with E-state index in [1.165, 1.54) is 6.33 Å². The SMILES string of the molecule is Cl.Cl.Clc1cc(OC2CCNCC2)ncn1. The summed E-state index contributed by atoms with van der Waals surface area (Å²) < 4.78 is 5.66. The molecule has 2 rings (SSSR count). The predicted molar refractivity (Wildman–Crippen MR) is 68.1 cm³/mol. The molecule has 0 aromatic carbocycles. The Morgan fingerprint density at radius 3 is 2.56 bits per heavy atom. The third kappa shape index (κ3) is 4.70. The summed E-state index contributed by atoms with van der Waals surface area (Å²) >= 11 is 5.72. The molecular weight excluding hydrogens is 272 g/mol. The van der Waals surface area contributed by atoms with E-state index in [1.807, 2.05) is 0 Å². The minimum atomic E-state index is 0. The molecule has 1 saturated heterocycles. The standard InChI is InChI=1S/C9H12ClN3O.2ClH/c10-8-5-9(13-6-12-8)14-7-1-3-11-4-2-7;;/h5-7,11H,1-4H2;2*1H. The molecule has 1 aliphatic rings. The third-order valence-corrected chi connectivity index (χ3v) is 2.39. The lowest BCUT2D eigenvalue weighted by atomic mass is 10.1. The lowest BCUT2D eigenvalue weighted by Crippen LogP contribution is -2.34. The number of rotatable bonds is 2. The van der Waals surface area contributed by atoms with Gasteiger partial charge in [0.2, 0.25) is 5.88 Å². The Morgan fingerprint density at radius 1 is 1.25 bits per heavy atom. The maximum Gasteiger partial charge on any atom is 0.218 e. The zero-order chi connectivity index (χ0) is 9.80. The fraction of sp³-hybridized carbons (Fsp3) is 0.556. The molecule has 0 radical (unpaired) electrons. The molecule has 0 saturated carbocycles. The Labute approximate surface area is 112 Å². The van der Waals surface area contributed by atoms with Crippen LogP contribution in [-0.2, 0) is 0 Å². The van der Waals surface area contributed by atoms with Gasteiger partial charge < -0.3 is 10.1 Å². The second-order valence-corrected chi connectivity index (χ2v) is 3.63. The van der Waals surface area contributed by atoms with E-state index < -0.39 is 0 Å². The second kappa shape index (κ2) is 7.90. The van der Waals surface area contributed by atoms with Gasteiger partial charge in [-0.3, -0.25) is 0 Å². The molecule has 7 heteroatoms. The molecule has 1 aromatic rings. The highest BCUT2D eigenvalue weighted by Crippen LogP contribution is 2.15. The summed E-state index contributed by atoms with van der Waals surface area (Å²) in [4.78, 5) is 7.79. The number of nitrogens with one attached hydrogen (secondary N) is 1. The van der Waals surface area contributed by atoms with Crippen LogP contribution >= 0.6 is 36.4 Å². The number of hydrogen-bond donors (Lipinski definition) is 1. The van der Waals surface area contributed by atoms with Crippen molar-refractivity contribution in [3.8, 4) is 5.88 Å². The van der Waals surface area contributed by atoms with Gasteiger partial charge in [-0.1, -0.05) is 11.6 Å². The fourth-order valence-corrected chi connectivity index (χ4v) is 1.60. The van der Waals surface area contributed by atoms with Crippen molar-refractivity contribution in [2.45, 2.75) is 18.9 Å². The Hall–Kier alpha value is -0.290. The minimum Gasteiger partial charge on any atom is -0.474 e. The average molecular weight is 287 g/mol. The predicted octanol–water partition coefficient (Wildman–Crippen LogP) is 2.10. The highest BCUT2D eigenvalue weighted by molar-refractivity contribution is 6.29. The van der Waals surface area contributed by atoms with E-state index in [9.17, 15) is 0 Å². The van der Waals surface area contributed by atoms with Crippen LogP contribution < -0.4 is 10.1 Å². The highest BCUT2D eigenvalue weighted by Gasteiger charge is 2.14. The number of hydrogen-bond acceptors (Lipinski definition) is 4. The third-order valence-electron chi connectivity index (χ3n) is 2.18. The van der Waals surface area contributed by atoms with Crippen molar-refractivity contribution >= 4 is 36.4 Å². The first-order valence-corrected chi connectivity index (χ1v) is 5.07. The second-order valence-electron chi connectivity index (χ2n) is 3.25. The lowest BCUT2D eigenvalue weighted by molar-refractivity contribution is 0.155. The van der Waals surface area contributed by atoms with Crippen LogP contribution in [0.5, 0.6) is 5.88 Å². The topological polar surface area (TPSA) is 47.0 Å². The molecule has 1 fully saturated rings. The molecule has 0 aliphatic carbocycles. The van der Waals surface area contributed by atoms with E-state index in [-0.39, 0.29) is 30.9 Å². The normalized spacial score (nSPS) is 15.8. The van der Waals surface area contributed by atoms with E-state index in [4.69, 9.17) is 16.3 Å². The number of halogens is 3. The van der Waals surface area contributed by atoms with E-state index in [2.05, 4.69) is 15.3 Å². The number of piperidine rings is 1. The van der Waals surface area contributed by atoms with Crippen molar-refractivity contribution in [2.75, 3.05) is 13.1 Å². The van der Waals surface area contributed by atoms with Crippen LogP contribution in [0.3, 0.4) is 0 Å². The molecular formula is C9H14Cl3N3O. The molecule has 0 amide bonds. The quantitative estimate of drug-likeness (QED) is 0.846. The molecule has 1 aromatic heterocycles. The van der Waals surface area contributed by atoms with Crippen LogP contribution in [0.2, 0.25) is 5.15 Å². The van der Waals surface area contributed by atoms with E-state index >= 15 is 0 Å². The van der Waals surface area contributed by atoms with Gasteiger partial charge in [0.05, 0.1) is 0 Å². The zero-order valence-corrected chi connectivity index (χ0v) is 10.9. The minimum absolute atomic E-state index is 0. The van der Waals surface area contributed by atoms with E-state index in [1.54, 1.807) is 6.07 Å². The van der Waals surface area contributed by atoms with Crippen molar-refractivity contribution in [1.29, 1.82) is 0 Å². The largest absolute Gasteiger partial charge is 0.474 e. The average Bonchev–Trinajstić information content (AvgIpc) is 2.19. The molecule has 92 valence electrons. The summed E-state index contributed by atoms with van der Waals surface area (Å²) in [6, 6.07) is 1.64. The maximum absolute atomic E-state index is 5.72. The molecule has 1 N–H and O–H groups in total. The van der Waals surface area contributed by atoms with Crippen LogP contribution in [0.4, 0.5) is 0 Å². The molecule has 2 heterocycles. The zero-order valence-electron chi connectivity index (χ0n) is 8.56. The molecule has 0 spiro atoms. The smallest absolute Gasteiger partial charge is 0.218 e. The van der Waals surface area contributed by atoms with E-state index in [0.717, 1.165) is 25.9 Å². The first kappa shape index (κ1) is 15.7. The molecule has 1 aliphatic heterocycles. The first-order valence-electron chi connectivity index (χ1n) is 4.69. The summed E-state index contributed by atoms with van der Waals surface area (Å²) in [5, 5.41) is 3.69. The fourth-order valence-electron chi connectivity index (χ4n) is 1.47. The van der Waals surface area contributed by atoms with Gasteiger partial charge in [-0.25, -0.2) is 9.97 Å². The van der Waals surface area contributed by atoms with Gasteiger partial charge in [0.15, 0.2) is 0 Å². The van der Waals surface area contributed by atoms with Gasteiger partial charge in [0.1, 0.15) is 17.6 Å². The lowest BCUT2D eigenvalue weighted by Gasteiger charge is -2.22. The molecule has 0 unspecified atom stereocenters. The Morgan fingerprint density at radius 2 is 1.94 bits per heavy atom. The van der Waals surface area contributed by atoms with Crippen LogP contribution in [0.1, 0.15) is 12.8 Å². The van der Waals surface area contributed by atoms with Crippen molar-refractivity contribution < 1.29 is 4.74 Å². The Bertz CT molecular complexity index is 308. The van der Waals surface area contributed by atoms with Crippen LogP contribution in [0.15, 0.2) is 12.4 Å². The summed E-state index contributed by atoms with van der Waals surface area (Å²) in [5.74, 6) is 0.567. The molecule has 0 atom stereocenters. The van der Waals surface area contributed by atoms with Crippen LogP contribution in [0.25, 0.3) is 0 Å². The molecule has 0 bridgehead atoms.